The molecular formula is C18H27NO. The fourth-order valence-corrected chi connectivity index (χ4v) is 3.10. The Morgan fingerprint density at radius 3 is 2.50 bits per heavy atom. The third-order valence-electron chi connectivity index (χ3n) is 4.75. The molecule has 0 amide bonds. The van der Waals surface area contributed by atoms with Crippen LogP contribution in [0.4, 0.5) is 0 Å². The lowest BCUT2D eigenvalue weighted by atomic mass is 9.73. The van der Waals surface area contributed by atoms with E-state index >= 15 is 0 Å². The molecule has 1 aliphatic rings. The summed E-state index contributed by atoms with van der Waals surface area (Å²) in [6.07, 6.45) is 3.68. The zero-order chi connectivity index (χ0) is 14.6. The number of carbonyl (C=O) groups excluding carboxylic acids is 1. The van der Waals surface area contributed by atoms with Gasteiger partial charge in [-0.1, -0.05) is 45.0 Å². The molecule has 0 spiro atoms. The van der Waals surface area contributed by atoms with Crippen LogP contribution in [0.1, 0.15) is 57.1 Å². The van der Waals surface area contributed by atoms with E-state index in [-0.39, 0.29) is 5.41 Å². The van der Waals surface area contributed by atoms with E-state index in [2.05, 4.69) is 50.4 Å². The van der Waals surface area contributed by atoms with Crippen LogP contribution in [-0.4, -0.2) is 18.9 Å². The van der Waals surface area contributed by atoms with E-state index in [1.54, 1.807) is 0 Å². The Bertz CT molecular complexity index is 441. The summed E-state index contributed by atoms with van der Waals surface area (Å²) in [7, 11) is 0. The largest absolute Gasteiger partial charge is 0.316 e. The van der Waals surface area contributed by atoms with Crippen LogP contribution < -0.4 is 5.32 Å². The lowest BCUT2D eigenvalue weighted by Crippen LogP contribution is -2.45. The first-order valence-electron chi connectivity index (χ1n) is 7.90. The number of rotatable bonds is 5. The molecule has 1 aliphatic heterocycles. The molecule has 1 aromatic rings. The number of carbonyl (C=O) groups is 1. The Hall–Kier alpha value is -1.15. The SMILES string of the molecule is CCC1(C(=O)Cc2ccc(C(C)C)cc2)CCCNC1. The summed E-state index contributed by atoms with van der Waals surface area (Å²) in [5, 5.41) is 3.40. The van der Waals surface area contributed by atoms with Gasteiger partial charge in [0, 0.05) is 18.4 Å². The average molecular weight is 273 g/mol. The molecule has 2 rings (SSSR count). The molecule has 2 heteroatoms. The van der Waals surface area contributed by atoms with Crippen molar-refractivity contribution in [3.63, 3.8) is 0 Å². The molecule has 0 saturated carbocycles. The first-order chi connectivity index (χ1) is 9.57. The normalized spacial score (nSPS) is 23.0. The summed E-state index contributed by atoms with van der Waals surface area (Å²) in [6.45, 7) is 8.44. The van der Waals surface area contributed by atoms with Crippen LogP contribution in [0.3, 0.4) is 0 Å². The summed E-state index contributed by atoms with van der Waals surface area (Å²) >= 11 is 0. The van der Waals surface area contributed by atoms with Crippen molar-refractivity contribution in [2.24, 2.45) is 5.41 Å². The predicted molar refractivity (Wildman–Crippen MR) is 84.1 cm³/mol. The first-order valence-corrected chi connectivity index (χ1v) is 7.90. The van der Waals surface area contributed by atoms with Crippen LogP contribution in [0, 0.1) is 5.41 Å². The lowest BCUT2D eigenvalue weighted by Gasteiger charge is -2.35. The Kier molecular flexibility index (Phi) is 4.98. The minimum Gasteiger partial charge on any atom is -0.316 e. The topological polar surface area (TPSA) is 29.1 Å². The van der Waals surface area contributed by atoms with Crippen LogP contribution in [0.25, 0.3) is 0 Å². The maximum Gasteiger partial charge on any atom is 0.144 e. The minimum atomic E-state index is -0.130. The smallest absolute Gasteiger partial charge is 0.144 e. The van der Waals surface area contributed by atoms with Crippen molar-refractivity contribution in [1.82, 2.24) is 5.32 Å². The second kappa shape index (κ2) is 6.53. The van der Waals surface area contributed by atoms with Crippen molar-refractivity contribution in [2.45, 2.75) is 52.4 Å². The molecular weight excluding hydrogens is 246 g/mol. The van der Waals surface area contributed by atoms with Crippen molar-refractivity contribution >= 4 is 5.78 Å². The van der Waals surface area contributed by atoms with Gasteiger partial charge in [-0.05, 0) is 42.9 Å². The molecule has 0 aliphatic carbocycles. The number of benzene rings is 1. The number of nitrogens with one attached hydrogen (secondary N) is 1. The molecule has 1 atom stereocenters. The number of Topliss-reactive ketones (excluding diaryl/α,β-unsaturated/α-hetero) is 1. The van der Waals surface area contributed by atoms with E-state index in [9.17, 15) is 4.79 Å². The zero-order valence-electron chi connectivity index (χ0n) is 13.0. The summed E-state index contributed by atoms with van der Waals surface area (Å²) in [5.41, 5.74) is 2.36. The maximum atomic E-state index is 12.7. The molecule has 1 heterocycles. The molecule has 0 radical (unpaired) electrons. The molecule has 110 valence electrons. The maximum absolute atomic E-state index is 12.7. The Morgan fingerprint density at radius 1 is 1.30 bits per heavy atom. The molecule has 1 N–H and O–H groups in total. The van der Waals surface area contributed by atoms with Gasteiger partial charge in [-0.15, -0.1) is 0 Å². The van der Waals surface area contributed by atoms with Gasteiger partial charge in [-0.2, -0.15) is 0 Å². The fourth-order valence-electron chi connectivity index (χ4n) is 3.10. The molecule has 2 nitrogen and oxygen atoms in total. The summed E-state index contributed by atoms with van der Waals surface area (Å²) in [5.74, 6) is 0.953. The second-order valence-corrected chi connectivity index (χ2v) is 6.41. The molecule has 20 heavy (non-hydrogen) atoms. The average Bonchev–Trinajstić information content (AvgIpc) is 2.48. The zero-order valence-corrected chi connectivity index (χ0v) is 13.0. The van der Waals surface area contributed by atoms with E-state index in [4.69, 9.17) is 0 Å². The monoisotopic (exact) mass is 273 g/mol. The number of hydrogen-bond acceptors (Lipinski definition) is 2. The quantitative estimate of drug-likeness (QED) is 0.886. The molecule has 1 unspecified atom stereocenters. The summed E-state index contributed by atoms with van der Waals surface area (Å²) in [6, 6.07) is 8.55. The highest BCUT2D eigenvalue weighted by Crippen LogP contribution is 2.32. The summed E-state index contributed by atoms with van der Waals surface area (Å²) < 4.78 is 0. The van der Waals surface area contributed by atoms with Gasteiger partial charge in [0.05, 0.1) is 0 Å². The van der Waals surface area contributed by atoms with Crippen LogP contribution in [0.5, 0.6) is 0 Å². The molecule has 1 fully saturated rings. The summed E-state index contributed by atoms with van der Waals surface area (Å²) in [4.78, 5) is 12.7. The first kappa shape index (κ1) is 15.2. The Labute approximate surface area is 123 Å². The van der Waals surface area contributed by atoms with Gasteiger partial charge in [0.1, 0.15) is 5.78 Å². The van der Waals surface area contributed by atoms with E-state index in [1.165, 1.54) is 5.56 Å². The third-order valence-corrected chi connectivity index (χ3v) is 4.75. The van der Waals surface area contributed by atoms with Crippen molar-refractivity contribution in [3.05, 3.63) is 35.4 Å². The van der Waals surface area contributed by atoms with E-state index in [0.29, 0.717) is 18.1 Å². The Morgan fingerprint density at radius 2 is 2.00 bits per heavy atom. The van der Waals surface area contributed by atoms with Gasteiger partial charge < -0.3 is 5.32 Å². The van der Waals surface area contributed by atoms with Gasteiger partial charge in [0.25, 0.3) is 0 Å². The second-order valence-electron chi connectivity index (χ2n) is 6.41. The highest BCUT2D eigenvalue weighted by atomic mass is 16.1. The van der Waals surface area contributed by atoms with Crippen LogP contribution in [0.2, 0.25) is 0 Å². The van der Waals surface area contributed by atoms with Gasteiger partial charge in [0.15, 0.2) is 0 Å². The molecule has 1 aromatic carbocycles. The van der Waals surface area contributed by atoms with Crippen LogP contribution >= 0.6 is 0 Å². The van der Waals surface area contributed by atoms with Gasteiger partial charge in [-0.3, -0.25) is 4.79 Å². The predicted octanol–water partition coefficient (Wildman–Crippen LogP) is 3.70. The van der Waals surface area contributed by atoms with E-state index in [0.717, 1.165) is 37.9 Å². The van der Waals surface area contributed by atoms with Crippen LogP contribution in [0.15, 0.2) is 24.3 Å². The highest BCUT2D eigenvalue weighted by Gasteiger charge is 2.37. The van der Waals surface area contributed by atoms with Crippen molar-refractivity contribution in [3.8, 4) is 0 Å². The number of hydrogen-bond donors (Lipinski definition) is 1. The molecule has 1 saturated heterocycles. The lowest BCUT2D eigenvalue weighted by molar-refractivity contribution is -0.129. The van der Waals surface area contributed by atoms with E-state index < -0.39 is 0 Å². The highest BCUT2D eigenvalue weighted by molar-refractivity contribution is 5.87. The molecule has 0 bridgehead atoms. The van der Waals surface area contributed by atoms with E-state index in [1.807, 2.05) is 0 Å². The van der Waals surface area contributed by atoms with Crippen molar-refractivity contribution in [1.29, 1.82) is 0 Å². The minimum absolute atomic E-state index is 0.130. The molecule has 0 aromatic heterocycles. The Balaban J connectivity index is 2.06. The third kappa shape index (κ3) is 3.29. The van der Waals surface area contributed by atoms with Gasteiger partial charge >= 0.3 is 0 Å². The van der Waals surface area contributed by atoms with Crippen LogP contribution in [-0.2, 0) is 11.2 Å². The standard InChI is InChI=1S/C18H27NO/c1-4-18(10-5-11-19-13-18)17(20)12-15-6-8-16(9-7-15)14(2)3/h6-9,14,19H,4-5,10-13H2,1-3H3. The fraction of sp³-hybridized carbons (Fsp3) is 0.611. The van der Waals surface area contributed by atoms with Crippen molar-refractivity contribution < 1.29 is 4.79 Å². The number of piperidine rings is 1. The van der Waals surface area contributed by atoms with Gasteiger partial charge in [0.2, 0.25) is 0 Å². The van der Waals surface area contributed by atoms with Crippen molar-refractivity contribution in [2.75, 3.05) is 13.1 Å². The number of ketones is 1. The van der Waals surface area contributed by atoms with Gasteiger partial charge in [-0.25, -0.2) is 0 Å².